The molecule has 20 nitrogen and oxygen atoms in total. The van der Waals surface area contributed by atoms with Crippen LogP contribution < -0.4 is 42.5 Å². The number of aromatic amines is 1. The third-order valence-corrected chi connectivity index (χ3v) is 8.13. The summed E-state index contributed by atoms with van der Waals surface area (Å²) in [6.07, 6.45) is 2.18. The van der Waals surface area contributed by atoms with Gasteiger partial charge in [0.15, 0.2) is 0 Å². The predicted molar refractivity (Wildman–Crippen MR) is 189 cm³/mol. The van der Waals surface area contributed by atoms with E-state index in [1.165, 1.54) is 26.4 Å². The minimum atomic E-state index is -1.37. The monoisotopic (exact) mass is 754 g/mol. The topological polar surface area (TPSA) is 299 Å². The van der Waals surface area contributed by atoms with Crippen molar-refractivity contribution < 1.29 is 48.3 Å². The molecule has 2 heterocycles. The van der Waals surface area contributed by atoms with E-state index in [4.69, 9.17) is 0 Å². The maximum absolute atomic E-state index is 13.9. The fourth-order valence-corrected chi connectivity index (χ4v) is 5.24. The van der Waals surface area contributed by atoms with Gasteiger partial charge < -0.3 is 52.6 Å². The van der Waals surface area contributed by atoms with Crippen LogP contribution in [-0.4, -0.2) is 118 Å². The van der Waals surface area contributed by atoms with Gasteiger partial charge in [0.05, 0.1) is 25.1 Å². The zero-order chi connectivity index (χ0) is 39.6. The van der Waals surface area contributed by atoms with Gasteiger partial charge >= 0.3 is 5.97 Å². The van der Waals surface area contributed by atoms with Crippen molar-refractivity contribution in [3.8, 4) is 0 Å². The lowest BCUT2D eigenvalue weighted by atomic mass is 10.0. The van der Waals surface area contributed by atoms with E-state index < -0.39 is 96.5 Å². The number of nitrogens with zero attached hydrogens (tertiary/aromatic N) is 1. The van der Waals surface area contributed by atoms with Crippen LogP contribution in [0.4, 0.5) is 0 Å². The van der Waals surface area contributed by atoms with Crippen molar-refractivity contribution in [3.05, 3.63) is 54.1 Å². The highest BCUT2D eigenvalue weighted by Gasteiger charge is 2.31. The second-order valence-corrected chi connectivity index (χ2v) is 12.5. The first-order valence-electron chi connectivity index (χ1n) is 17.2. The lowest BCUT2D eigenvalue weighted by Gasteiger charge is -2.25. The highest BCUT2D eigenvalue weighted by Crippen LogP contribution is 2.08. The number of nitrogens with one attached hydrogen (secondary N) is 9. The summed E-state index contributed by atoms with van der Waals surface area (Å²) in [5.41, 5.74) is 1.01. The van der Waals surface area contributed by atoms with Crippen molar-refractivity contribution in [2.75, 3.05) is 19.6 Å². The first-order valence-corrected chi connectivity index (χ1v) is 17.2. The number of imidazole rings is 1. The second kappa shape index (κ2) is 21.2. The summed E-state index contributed by atoms with van der Waals surface area (Å²) in [5.74, 6) is -7.17. The first kappa shape index (κ1) is 42.1. The Balaban J connectivity index is 1.93. The summed E-state index contributed by atoms with van der Waals surface area (Å²) >= 11 is 0. The third kappa shape index (κ3) is 14.7. The van der Waals surface area contributed by atoms with Gasteiger partial charge in [-0.1, -0.05) is 30.3 Å². The highest BCUT2D eigenvalue weighted by atomic mass is 16.4. The number of aromatic nitrogens is 2. The summed E-state index contributed by atoms with van der Waals surface area (Å²) in [5, 5.41) is 29.4. The van der Waals surface area contributed by atoms with E-state index >= 15 is 0 Å². The molecule has 54 heavy (non-hydrogen) atoms. The number of aliphatic carboxylic acids is 1. The number of carboxylic acid groups (broad SMARTS) is 1. The molecule has 8 amide bonds. The Labute approximate surface area is 310 Å². The molecule has 1 fully saturated rings. The fraction of sp³-hybridized carbons (Fsp3) is 0.471. The van der Waals surface area contributed by atoms with E-state index in [2.05, 4.69) is 52.5 Å². The molecule has 2 aromatic rings. The van der Waals surface area contributed by atoms with Crippen molar-refractivity contribution >= 4 is 53.2 Å². The maximum atomic E-state index is 13.9. The SMILES string of the molecule is CC(=O)NCC(=O)NC1CCC(=O)NCCCC(C(=O)O)NC(=O)[C@H](C)NC(=O)CNC(=O)C(Cc2ccccc2)NC(=O)[C@H](Cc2c[nH]cn2)NC1=O. The number of carboxylic acids is 1. The Hall–Kier alpha value is -6.34. The fourth-order valence-electron chi connectivity index (χ4n) is 5.24. The molecule has 10 N–H and O–H groups in total. The van der Waals surface area contributed by atoms with Gasteiger partial charge in [-0.15, -0.1) is 0 Å². The van der Waals surface area contributed by atoms with Crippen LogP contribution in [0.25, 0.3) is 0 Å². The van der Waals surface area contributed by atoms with Crippen LogP contribution >= 0.6 is 0 Å². The van der Waals surface area contributed by atoms with Crippen LogP contribution in [0, 0.1) is 0 Å². The van der Waals surface area contributed by atoms with Crippen LogP contribution in [0.5, 0.6) is 0 Å². The molecule has 1 aliphatic rings. The van der Waals surface area contributed by atoms with Gasteiger partial charge in [-0.3, -0.25) is 38.4 Å². The molecule has 5 atom stereocenters. The quantitative estimate of drug-likeness (QED) is 0.127. The number of rotatable bonds is 8. The van der Waals surface area contributed by atoms with E-state index in [1.54, 1.807) is 30.3 Å². The van der Waals surface area contributed by atoms with Gasteiger partial charge in [-0.2, -0.15) is 0 Å². The third-order valence-electron chi connectivity index (χ3n) is 8.13. The number of hydrogen-bond acceptors (Lipinski definition) is 10. The number of carbonyl (C=O) groups is 9. The molecule has 292 valence electrons. The van der Waals surface area contributed by atoms with Gasteiger partial charge in [0.1, 0.15) is 30.2 Å². The van der Waals surface area contributed by atoms with Crippen molar-refractivity contribution in [1.29, 1.82) is 0 Å². The van der Waals surface area contributed by atoms with Gasteiger partial charge in [0, 0.05) is 38.9 Å². The largest absolute Gasteiger partial charge is 0.480 e. The van der Waals surface area contributed by atoms with Crippen LogP contribution in [0.1, 0.15) is 50.8 Å². The van der Waals surface area contributed by atoms with Gasteiger partial charge in [0.2, 0.25) is 47.3 Å². The van der Waals surface area contributed by atoms with Crippen molar-refractivity contribution in [1.82, 2.24) is 52.5 Å². The number of hydrogen-bond donors (Lipinski definition) is 10. The van der Waals surface area contributed by atoms with E-state index in [1.807, 2.05) is 0 Å². The molecule has 0 saturated carbocycles. The highest BCUT2D eigenvalue weighted by molar-refractivity contribution is 5.96. The number of H-pyrrole nitrogens is 1. The molecule has 1 saturated heterocycles. The Kier molecular flexibility index (Phi) is 16.6. The zero-order valence-electron chi connectivity index (χ0n) is 29.9. The maximum Gasteiger partial charge on any atom is 0.326 e. The summed E-state index contributed by atoms with van der Waals surface area (Å²) in [6, 6.07) is 2.10. The standard InChI is InChI=1S/C34H46N10O10/c1-19-30(49)42-24(34(53)54)9-6-12-36-27(46)11-10-23(41-29(48)16-37-20(2)45)32(51)44-26(14-22-15-35-18-39-22)33(52)43-25(13-21-7-4-3-5-8-21)31(50)38-17-28(47)40-19/h3-5,7-8,15,18-19,23-26H,6,9-14,16-17H2,1-2H3,(H,35,39)(H,36,46)(H,37,45)(H,38,50)(H,40,47)(H,41,48)(H,42,49)(H,43,52)(H,44,51)(H,53,54)/t19-,23?,24?,25?,26-/m0/s1. The average Bonchev–Trinajstić information content (AvgIpc) is 3.65. The summed E-state index contributed by atoms with van der Waals surface area (Å²) in [6.45, 7) is 1.45. The van der Waals surface area contributed by atoms with E-state index in [0.717, 1.165) is 0 Å². The molecule has 0 spiro atoms. The van der Waals surface area contributed by atoms with Crippen molar-refractivity contribution in [3.63, 3.8) is 0 Å². The minimum absolute atomic E-state index is 0.00623. The summed E-state index contributed by atoms with van der Waals surface area (Å²) in [4.78, 5) is 122. The Morgan fingerprint density at radius 1 is 0.833 bits per heavy atom. The smallest absolute Gasteiger partial charge is 0.326 e. The molecule has 0 bridgehead atoms. The number of carbonyl (C=O) groups excluding carboxylic acids is 8. The van der Waals surface area contributed by atoms with Crippen LogP contribution in [0.15, 0.2) is 42.9 Å². The summed E-state index contributed by atoms with van der Waals surface area (Å²) < 4.78 is 0. The molecule has 1 aromatic carbocycles. The molecule has 20 heteroatoms. The zero-order valence-corrected chi connectivity index (χ0v) is 29.9. The normalized spacial score (nSPS) is 22.9. The Morgan fingerprint density at radius 2 is 1.54 bits per heavy atom. The van der Waals surface area contributed by atoms with Crippen LogP contribution in [-0.2, 0) is 56.0 Å². The van der Waals surface area contributed by atoms with E-state index in [9.17, 15) is 48.3 Å². The molecule has 0 radical (unpaired) electrons. The van der Waals surface area contributed by atoms with Crippen molar-refractivity contribution in [2.45, 2.75) is 82.6 Å². The lowest BCUT2D eigenvalue weighted by Crippen LogP contribution is -2.58. The number of amides is 8. The molecule has 1 aromatic heterocycles. The Bertz CT molecular complexity index is 1650. The van der Waals surface area contributed by atoms with E-state index in [0.29, 0.717) is 11.3 Å². The molecule has 1 aliphatic heterocycles. The number of benzene rings is 1. The Morgan fingerprint density at radius 3 is 2.20 bits per heavy atom. The molecule has 3 rings (SSSR count). The van der Waals surface area contributed by atoms with E-state index in [-0.39, 0.29) is 45.1 Å². The summed E-state index contributed by atoms with van der Waals surface area (Å²) in [7, 11) is 0. The van der Waals surface area contributed by atoms with Crippen molar-refractivity contribution in [2.24, 2.45) is 0 Å². The minimum Gasteiger partial charge on any atom is -0.480 e. The van der Waals surface area contributed by atoms with Gasteiger partial charge in [0.25, 0.3) is 0 Å². The average molecular weight is 755 g/mol. The predicted octanol–water partition coefficient (Wildman–Crippen LogP) is -3.33. The van der Waals surface area contributed by atoms with Crippen LogP contribution in [0.3, 0.4) is 0 Å². The second-order valence-electron chi connectivity index (χ2n) is 12.5. The van der Waals surface area contributed by atoms with Gasteiger partial charge in [-0.05, 0) is 31.7 Å². The molecular formula is C34H46N10O10. The van der Waals surface area contributed by atoms with Gasteiger partial charge in [-0.25, -0.2) is 9.78 Å². The molecular weight excluding hydrogens is 708 g/mol. The molecule has 3 unspecified atom stereocenters. The lowest BCUT2D eigenvalue weighted by molar-refractivity contribution is -0.142. The van der Waals surface area contributed by atoms with Crippen LogP contribution in [0.2, 0.25) is 0 Å². The molecule has 0 aliphatic carbocycles. The first-order chi connectivity index (χ1) is 25.7.